The third-order valence-corrected chi connectivity index (χ3v) is 4.46. The molecule has 3 heterocycles. The molecule has 0 saturated heterocycles. The number of rotatable bonds is 3. The summed E-state index contributed by atoms with van der Waals surface area (Å²) < 4.78 is 1.83. The quantitative estimate of drug-likeness (QED) is 0.752. The average Bonchev–Trinajstić information content (AvgIpc) is 3.32. The number of aromatic nitrogens is 5. The number of hydrogen-bond acceptors (Lipinski definition) is 4. The molecule has 0 atom stereocenters. The Labute approximate surface area is 133 Å². The van der Waals surface area contributed by atoms with Gasteiger partial charge in [-0.15, -0.1) is 0 Å². The number of nitriles is 1. The highest BCUT2D eigenvalue weighted by Gasteiger charge is 2.22. The van der Waals surface area contributed by atoms with E-state index in [-0.39, 0.29) is 0 Å². The van der Waals surface area contributed by atoms with Gasteiger partial charge >= 0.3 is 0 Å². The maximum Gasteiger partial charge on any atom is 0.141 e. The van der Waals surface area contributed by atoms with Crippen LogP contribution in [0.3, 0.4) is 0 Å². The van der Waals surface area contributed by atoms with Crippen molar-refractivity contribution >= 4 is 16.7 Å². The Bertz CT molecular complexity index is 904. The summed E-state index contributed by atoms with van der Waals surface area (Å²) in [5.74, 6) is 0.417. The van der Waals surface area contributed by atoms with Gasteiger partial charge in [0.25, 0.3) is 0 Å². The van der Waals surface area contributed by atoms with Gasteiger partial charge in [-0.05, 0) is 18.9 Å². The highest BCUT2D eigenvalue weighted by Crippen LogP contribution is 2.34. The Morgan fingerprint density at radius 1 is 1.35 bits per heavy atom. The van der Waals surface area contributed by atoms with Gasteiger partial charge in [-0.1, -0.05) is 12.8 Å². The molecule has 6 nitrogen and oxygen atoms in total. The molecule has 1 saturated carbocycles. The van der Waals surface area contributed by atoms with Crippen molar-refractivity contribution in [2.75, 3.05) is 0 Å². The van der Waals surface area contributed by atoms with E-state index in [9.17, 15) is 0 Å². The molecule has 0 aliphatic heterocycles. The molecule has 0 radical (unpaired) electrons. The van der Waals surface area contributed by atoms with E-state index < -0.39 is 0 Å². The number of H-pyrrole nitrogens is 1. The van der Waals surface area contributed by atoms with Crippen molar-refractivity contribution in [1.82, 2.24) is 24.7 Å². The molecule has 6 heteroatoms. The predicted octanol–water partition coefficient (Wildman–Crippen LogP) is 3.38. The molecule has 0 bridgehead atoms. The second-order valence-corrected chi connectivity index (χ2v) is 5.82. The smallest absolute Gasteiger partial charge is 0.141 e. The molecule has 4 rings (SSSR count). The molecule has 1 aliphatic carbocycles. The summed E-state index contributed by atoms with van der Waals surface area (Å²) in [6.45, 7) is 0. The van der Waals surface area contributed by atoms with Crippen molar-refractivity contribution in [3.8, 4) is 17.3 Å². The number of fused-ring (bicyclic) bond motifs is 1. The van der Waals surface area contributed by atoms with Crippen molar-refractivity contribution in [1.29, 1.82) is 5.26 Å². The van der Waals surface area contributed by atoms with Gasteiger partial charge in [0.15, 0.2) is 0 Å². The fourth-order valence-corrected chi connectivity index (χ4v) is 3.35. The largest absolute Gasteiger partial charge is 0.346 e. The van der Waals surface area contributed by atoms with Crippen LogP contribution < -0.4 is 0 Å². The van der Waals surface area contributed by atoms with Gasteiger partial charge in [-0.2, -0.15) is 10.4 Å². The van der Waals surface area contributed by atoms with Crippen LogP contribution in [0.2, 0.25) is 0 Å². The first kappa shape index (κ1) is 13.7. The molecule has 23 heavy (non-hydrogen) atoms. The normalized spacial score (nSPS) is 16.0. The summed E-state index contributed by atoms with van der Waals surface area (Å²) in [4.78, 5) is 11.7. The van der Waals surface area contributed by atoms with Crippen LogP contribution in [0.5, 0.6) is 0 Å². The molecule has 114 valence electrons. The molecule has 1 aliphatic rings. The van der Waals surface area contributed by atoms with Crippen LogP contribution in [0.4, 0.5) is 0 Å². The van der Waals surface area contributed by atoms with Crippen LogP contribution in [0.15, 0.2) is 37.1 Å². The minimum Gasteiger partial charge on any atom is -0.346 e. The van der Waals surface area contributed by atoms with Gasteiger partial charge in [0, 0.05) is 35.3 Å². The standard InChI is InChI=1S/C17H16N6/c18-7-5-15(12-3-1-2-4-12)23-10-13(9-22-23)16-14-6-8-19-17(14)21-11-20-16/h5-6,8-12H,1-4H2,(H,19,20,21)/b15-5+. The van der Waals surface area contributed by atoms with E-state index >= 15 is 0 Å². The molecule has 0 amide bonds. The Kier molecular flexibility index (Phi) is 3.39. The molecule has 3 aromatic rings. The van der Waals surface area contributed by atoms with Crippen molar-refractivity contribution in [3.05, 3.63) is 37.1 Å². The first-order chi connectivity index (χ1) is 11.4. The molecule has 0 aromatic carbocycles. The SMILES string of the molecule is N#C/C=C(\C1CCCC1)n1cc(-c2ncnc3[nH]ccc23)cn1. The molecule has 1 N–H and O–H groups in total. The maximum absolute atomic E-state index is 9.10. The first-order valence-electron chi connectivity index (χ1n) is 7.80. The van der Waals surface area contributed by atoms with Crippen LogP contribution in [-0.4, -0.2) is 24.7 Å². The summed E-state index contributed by atoms with van der Waals surface area (Å²) >= 11 is 0. The molecule has 3 aromatic heterocycles. The lowest BCUT2D eigenvalue weighted by molar-refractivity contribution is 0.649. The average molecular weight is 304 g/mol. The van der Waals surface area contributed by atoms with E-state index in [1.54, 1.807) is 18.6 Å². The summed E-state index contributed by atoms with van der Waals surface area (Å²) in [5.41, 5.74) is 3.58. The van der Waals surface area contributed by atoms with Crippen LogP contribution >= 0.6 is 0 Å². The van der Waals surface area contributed by atoms with Crippen LogP contribution in [0, 0.1) is 17.2 Å². The van der Waals surface area contributed by atoms with Crippen LogP contribution in [-0.2, 0) is 0 Å². The van der Waals surface area contributed by atoms with E-state index in [1.165, 1.54) is 12.8 Å². The van der Waals surface area contributed by atoms with Gasteiger partial charge in [-0.3, -0.25) is 0 Å². The first-order valence-corrected chi connectivity index (χ1v) is 7.80. The van der Waals surface area contributed by atoms with Crippen molar-refractivity contribution in [2.24, 2.45) is 5.92 Å². The number of nitrogens with zero attached hydrogens (tertiary/aromatic N) is 5. The Hall–Kier alpha value is -2.94. The van der Waals surface area contributed by atoms with Gasteiger partial charge in [0.2, 0.25) is 0 Å². The lowest BCUT2D eigenvalue weighted by Crippen LogP contribution is -2.06. The molecule has 1 fully saturated rings. The fourth-order valence-electron chi connectivity index (χ4n) is 3.35. The summed E-state index contributed by atoms with van der Waals surface area (Å²) in [7, 11) is 0. The van der Waals surface area contributed by atoms with E-state index in [1.807, 2.05) is 23.1 Å². The Morgan fingerprint density at radius 3 is 3.04 bits per heavy atom. The third kappa shape index (κ3) is 2.40. The zero-order valence-electron chi connectivity index (χ0n) is 12.6. The van der Waals surface area contributed by atoms with Gasteiger partial charge in [-0.25, -0.2) is 14.6 Å². The zero-order valence-corrected chi connectivity index (χ0v) is 12.6. The van der Waals surface area contributed by atoms with E-state index in [4.69, 9.17) is 5.26 Å². The second-order valence-electron chi connectivity index (χ2n) is 5.82. The van der Waals surface area contributed by atoms with E-state index in [0.717, 1.165) is 40.8 Å². The molecular formula is C17H16N6. The van der Waals surface area contributed by atoms with E-state index in [0.29, 0.717) is 5.92 Å². The van der Waals surface area contributed by atoms with Crippen LogP contribution in [0.1, 0.15) is 25.7 Å². The topological polar surface area (TPSA) is 83.2 Å². The summed E-state index contributed by atoms with van der Waals surface area (Å²) in [5, 5.41) is 14.5. The summed E-state index contributed by atoms with van der Waals surface area (Å²) in [6.07, 6.45) is 13.5. The molecule has 0 spiro atoms. The number of hydrogen-bond donors (Lipinski definition) is 1. The number of aromatic amines is 1. The van der Waals surface area contributed by atoms with Crippen LogP contribution in [0.25, 0.3) is 28.0 Å². The fraction of sp³-hybridized carbons (Fsp3) is 0.294. The number of allylic oxidation sites excluding steroid dienone is 2. The highest BCUT2D eigenvalue weighted by atomic mass is 15.3. The third-order valence-electron chi connectivity index (χ3n) is 4.46. The molecular weight excluding hydrogens is 288 g/mol. The Morgan fingerprint density at radius 2 is 2.22 bits per heavy atom. The minimum atomic E-state index is 0.417. The van der Waals surface area contributed by atoms with Gasteiger partial charge in [0.1, 0.15) is 12.0 Å². The van der Waals surface area contributed by atoms with Crippen molar-refractivity contribution in [3.63, 3.8) is 0 Å². The van der Waals surface area contributed by atoms with Gasteiger partial charge < -0.3 is 4.98 Å². The Balaban J connectivity index is 1.75. The zero-order chi connectivity index (χ0) is 15.6. The van der Waals surface area contributed by atoms with Crippen molar-refractivity contribution in [2.45, 2.75) is 25.7 Å². The lowest BCUT2D eigenvalue weighted by atomic mass is 10.0. The maximum atomic E-state index is 9.10. The highest BCUT2D eigenvalue weighted by molar-refractivity contribution is 5.90. The van der Waals surface area contributed by atoms with E-state index in [2.05, 4.69) is 26.1 Å². The molecule has 0 unspecified atom stereocenters. The van der Waals surface area contributed by atoms with Crippen molar-refractivity contribution < 1.29 is 0 Å². The monoisotopic (exact) mass is 304 g/mol. The number of nitrogens with one attached hydrogen (secondary N) is 1. The minimum absolute atomic E-state index is 0.417. The predicted molar refractivity (Wildman–Crippen MR) is 87.0 cm³/mol. The second kappa shape index (κ2) is 5.69. The lowest BCUT2D eigenvalue weighted by Gasteiger charge is -2.13. The summed E-state index contributed by atoms with van der Waals surface area (Å²) in [6, 6.07) is 4.13. The van der Waals surface area contributed by atoms with Gasteiger partial charge in [0.05, 0.1) is 23.7 Å².